The van der Waals surface area contributed by atoms with Gasteiger partial charge in [0.2, 0.25) is 10.9 Å². The maximum Gasteiger partial charge on any atom is 0.296 e. The molecule has 0 atom stereocenters. The smallest absolute Gasteiger partial charge is 0.296 e. The van der Waals surface area contributed by atoms with E-state index < -0.39 is 5.91 Å². The number of aromatic nitrogens is 3. The molecule has 23 heavy (non-hydrogen) atoms. The lowest BCUT2D eigenvalue weighted by atomic mass is 10.1. The zero-order valence-corrected chi connectivity index (χ0v) is 13.1. The van der Waals surface area contributed by atoms with Crippen LogP contribution in [-0.4, -0.2) is 21.3 Å². The van der Waals surface area contributed by atoms with Crippen molar-refractivity contribution in [1.29, 1.82) is 0 Å². The van der Waals surface area contributed by atoms with Gasteiger partial charge in [0.15, 0.2) is 0 Å². The Morgan fingerprint density at radius 2 is 2.22 bits per heavy atom. The molecule has 1 N–H and O–H groups in total. The quantitative estimate of drug-likeness (QED) is 0.776. The third kappa shape index (κ3) is 3.78. The number of carbonyl (C=O) groups is 1. The standard InChI is InChI=1S/C15H13FN4O2S/c1-2-11-8-12(22-20-11)14(21)17-15-19-18-13(23-15)7-9-4-3-5-10(16)6-9/h3-6,8H,2,7H2,1H3,(H,17,19,21). The highest BCUT2D eigenvalue weighted by Gasteiger charge is 2.15. The number of benzene rings is 1. The minimum atomic E-state index is -0.425. The number of nitrogens with zero attached hydrogens (tertiary/aromatic N) is 3. The molecule has 0 saturated carbocycles. The Labute approximate surface area is 135 Å². The van der Waals surface area contributed by atoms with Crippen molar-refractivity contribution >= 4 is 22.4 Å². The molecule has 0 aliphatic heterocycles. The SMILES string of the molecule is CCc1cc(C(=O)Nc2nnc(Cc3cccc(F)c3)s2)on1. The summed E-state index contributed by atoms with van der Waals surface area (Å²) in [5.41, 5.74) is 1.50. The van der Waals surface area contributed by atoms with Gasteiger partial charge in [0, 0.05) is 12.5 Å². The van der Waals surface area contributed by atoms with Crippen LogP contribution in [0.2, 0.25) is 0 Å². The van der Waals surface area contributed by atoms with Crippen LogP contribution >= 0.6 is 11.3 Å². The number of anilines is 1. The lowest BCUT2D eigenvalue weighted by molar-refractivity contribution is 0.0987. The van der Waals surface area contributed by atoms with Crippen molar-refractivity contribution in [2.24, 2.45) is 0 Å². The Bertz CT molecular complexity index is 830. The number of halogens is 1. The number of aryl methyl sites for hydroxylation is 1. The van der Waals surface area contributed by atoms with Crippen LogP contribution in [0.5, 0.6) is 0 Å². The Morgan fingerprint density at radius 1 is 1.35 bits per heavy atom. The van der Waals surface area contributed by atoms with Gasteiger partial charge in [-0.2, -0.15) is 0 Å². The Balaban J connectivity index is 1.66. The first-order valence-electron chi connectivity index (χ1n) is 6.98. The molecule has 0 aliphatic rings. The molecule has 1 amide bonds. The van der Waals surface area contributed by atoms with Crippen LogP contribution in [0.15, 0.2) is 34.9 Å². The number of hydrogen-bond acceptors (Lipinski definition) is 6. The minimum Gasteiger partial charge on any atom is -0.351 e. The van der Waals surface area contributed by atoms with Gasteiger partial charge in [0.25, 0.3) is 5.91 Å². The molecule has 0 spiro atoms. The van der Waals surface area contributed by atoms with Crippen LogP contribution in [0.1, 0.15) is 33.7 Å². The van der Waals surface area contributed by atoms with E-state index in [0.717, 1.165) is 5.56 Å². The van der Waals surface area contributed by atoms with Crippen LogP contribution in [0.3, 0.4) is 0 Å². The fraction of sp³-hybridized carbons (Fsp3) is 0.200. The molecule has 0 unspecified atom stereocenters. The van der Waals surface area contributed by atoms with E-state index >= 15 is 0 Å². The summed E-state index contributed by atoms with van der Waals surface area (Å²) in [6.07, 6.45) is 1.14. The zero-order valence-electron chi connectivity index (χ0n) is 12.2. The van der Waals surface area contributed by atoms with Crippen LogP contribution in [0.4, 0.5) is 9.52 Å². The number of amides is 1. The third-order valence-electron chi connectivity index (χ3n) is 3.08. The predicted molar refractivity (Wildman–Crippen MR) is 82.9 cm³/mol. The van der Waals surface area contributed by atoms with Gasteiger partial charge in [-0.05, 0) is 24.1 Å². The molecule has 0 radical (unpaired) electrons. The highest BCUT2D eigenvalue weighted by atomic mass is 32.1. The van der Waals surface area contributed by atoms with E-state index in [9.17, 15) is 9.18 Å². The van der Waals surface area contributed by atoms with Crippen LogP contribution < -0.4 is 5.32 Å². The van der Waals surface area contributed by atoms with E-state index in [2.05, 4.69) is 20.7 Å². The topological polar surface area (TPSA) is 80.9 Å². The summed E-state index contributed by atoms with van der Waals surface area (Å²) in [4.78, 5) is 12.0. The van der Waals surface area contributed by atoms with Crippen LogP contribution in [0, 0.1) is 5.82 Å². The summed E-state index contributed by atoms with van der Waals surface area (Å²) in [6.45, 7) is 1.92. The van der Waals surface area contributed by atoms with E-state index in [0.29, 0.717) is 28.7 Å². The number of rotatable bonds is 5. The van der Waals surface area contributed by atoms with Crippen molar-refractivity contribution in [2.45, 2.75) is 19.8 Å². The van der Waals surface area contributed by atoms with Crippen LogP contribution in [-0.2, 0) is 12.8 Å². The van der Waals surface area contributed by atoms with Gasteiger partial charge in [0.05, 0.1) is 5.69 Å². The first-order valence-corrected chi connectivity index (χ1v) is 7.79. The second kappa shape index (κ2) is 6.66. The number of carbonyl (C=O) groups excluding carboxylic acids is 1. The molecule has 0 bridgehead atoms. The molecule has 2 heterocycles. The zero-order chi connectivity index (χ0) is 16.2. The summed E-state index contributed by atoms with van der Waals surface area (Å²) in [7, 11) is 0. The van der Waals surface area contributed by atoms with E-state index in [1.54, 1.807) is 12.1 Å². The van der Waals surface area contributed by atoms with Crippen molar-refractivity contribution in [2.75, 3.05) is 5.32 Å². The van der Waals surface area contributed by atoms with Crippen molar-refractivity contribution in [3.63, 3.8) is 0 Å². The van der Waals surface area contributed by atoms with Gasteiger partial charge in [-0.15, -0.1) is 10.2 Å². The van der Waals surface area contributed by atoms with Crippen molar-refractivity contribution in [1.82, 2.24) is 15.4 Å². The Hall–Kier alpha value is -2.61. The van der Waals surface area contributed by atoms with Gasteiger partial charge < -0.3 is 4.52 Å². The maximum absolute atomic E-state index is 13.2. The van der Waals surface area contributed by atoms with Crippen molar-refractivity contribution < 1.29 is 13.7 Å². The minimum absolute atomic E-state index is 0.128. The van der Waals surface area contributed by atoms with Crippen LogP contribution in [0.25, 0.3) is 0 Å². The van der Waals surface area contributed by atoms with Gasteiger partial charge in [-0.3, -0.25) is 10.1 Å². The molecule has 1 aromatic carbocycles. The van der Waals surface area contributed by atoms with E-state index in [1.807, 2.05) is 13.0 Å². The molecular weight excluding hydrogens is 319 g/mol. The molecule has 0 saturated heterocycles. The van der Waals surface area contributed by atoms with Crippen molar-refractivity contribution in [3.8, 4) is 0 Å². The van der Waals surface area contributed by atoms with E-state index in [-0.39, 0.29) is 11.6 Å². The molecule has 3 aromatic rings. The normalized spacial score (nSPS) is 10.7. The molecule has 3 rings (SSSR count). The fourth-order valence-corrected chi connectivity index (χ4v) is 2.71. The van der Waals surface area contributed by atoms with Crippen molar-refractivity contribution in [3.05, 3.63) is 58.2 Å². The monoisotopic (exact) mass is 332 g/mol. The Morgan fingerprint density at radius 3 is 2.96 bits per heavy atom. The summed E-state index contributed by atoms with van der Waals surface area (Å²) in [5, 5.41) is 15.3. The average Bonchev–Trinajstić information content (AvgIpc) is 3.16. The summed E-state index contributed by atoms with van der Waals surface area (Å²) < 4.78 is 18.1. The molecule has 6 nitrogen and oxygen atoms in total. The summed E-state index contributed by atoms with van der Waals surface area (Å²) in [5.74, 6) is -0.591. The summed E-state index contributed by atoms with van der Waals surface area (Å²) >= 11 is 1.23. The largest absolute Gasteiger partial charge is 0.351 e. The molecule has 8 heteroatoms. The van der Waals surface area contributed by atoms with Gasteiger partial charge in [0.1, 0.15) is 10.8 Å². The number of nitrogens with one attached hydrogen (secondary N) is 1. The highest BCUT2D eigenvalue weighted by Crippen LogP contribution is 2.20. The van der Waals surface area contributed by atoms with Gasteiger partial charge in [-0.25, -0.2) is 4.39 Å². The second-order valence-corrected chi connectivity index (χ2v) is 5.86. The average molecular weight is 332 g/mol. The van der Waals surface area contributed by atoms with E-state index in [4.69, 9.17) is 4.52 Å². The summed E-state index contributed by atoms with van der Waals surface area (Å²) in [6, 6.07) is 7.87. The fourth-order valence-electron chi connectivity index (χ4n) is 1.94. The van der Waals surface area contributed by atoms with Gasteiger partial charge in [-0.1, -0.05) is 35.5 Å². The third-order valence-corrected chi connectivity index (χ3v) is 3.92. The lowest BCUT2D eigenvalue weighted by Crippen LogP contribution is -2.10. The molecule has 2 aromatic heterocycles. The first kappa shape index (κ1) is 15.3. The van der Waals surface area contributed by atoms with Gasteiger partial charge >= 0.3 is 0 Å². The number of hydrogen-bond donors (Lipinski definition) is 1. The molecule has 0 fully saturated rings. The molecule has 0 aliphatic carbocycles. The predicted octanol–water partition coefficient (Wildman–Crippen LogP) is 3.07. The van der Waals surface area contributed by atoms with E-state index in [1.165, 1.54) is 23.5 Å². The molecule has 118 valence electrons. The lowest BCUT2D eigenvalue weighted by Gasteiger charge is -1.97. The first-order chi connectivity index (χ1) is 11.1. The Kier molecular flexibility index (Phi) is 4.42. The highest BCUT2D eigenvalue weighted by molar-refractivity contribution is 7.15. The molecular formula is C15H13FN4O2S. The maximum atomic E-state index is 13.2. The second-order valence-electron chi connectivity index (χ2n) is 4.80.